The summed E-state index contributed by atoms with van der Waals surface area (Å²) in [7, 11) is 1.35. The Labute approximate surface area is 97.6 Å². The highest BCUT2D eigenvalue weighted by atomic mass is 32.1. The number of ether oxygens (including phenoxy) is 1. The van der Waals surface area contributed by atoms with Crippen LogP contribution in [0.4, 0.5) is 10.1 Å². The maximum absolute atomic E-state index is 13.0. The van der Waals surface area contributed by atoms with Crippen molar-refractivity contribution in [3.05, 3.63) is 24.0 Å². The first kappa shape index (κ1) is 12.4. The van der Waals surface area contributed by atoms with Crippen LogP contribution in [0.15, 0.2) is 18.2 Å². The van der Waals surface area contributed by atoms with Crippen LogP contribution in [-0.4, -0.2) is 18.0 Å². The maximum Gasteiger partial charge on any atom is 0.231 e. The molecule has 0 heterocycles. The molecule has 0 aromatic heterocycles. The Bertz CT molecular complexity index is 423. The number of anilines is 1. The molecule has 1 rings (SSSR count). The molecule has 0 bridgehead atoms. The van der Waals surface area contributed by atoms with Gasteiger partial charge in [0.2, 0.25) is 5.91 Å². The van der Waals surface area contributed by atoms with Crippen LogP contribution < -0.4 is 15.8 Å². The summed E-state index contributed by atoms with van der Waals surface area (Å²) < 4.78 is 17.8. The topological polar surface area (TPSA) is 64.3 Å². The van der Waals surface area contributed by atoms with Crippen LogP contribution in [0.2, 0.25) is 0 Å². The number of amides is 1. The summed E-state index contributed by atoms with van der Waals surface area (Å²) in [6.45, 7) is 0. The van der Waals surface area contributed by atoms with Crippen LogP contribution in [-0.2, 0) is 4.79 Å². The molecule has 0 saturated heterocycles. The number of nitrogens with two attached hydrogens (primary N) is 1. The molecule has 0 aliphatic heterocycles. The lowest BCUT2D eigenvalue weighted by Crippen LogP contribution is -2.20. The normalized spacial score (nSPS) is 9.62. The minimum Gasteiger partial charge on any atom is -0.494 e. The van der Waals surface area contributed by atoms with Gasteiger partial charge in [-0.25, -0.2) is 4.39 Å². The molecular formula is C10H11FN2O2S. The van der Waals surface area contributed by atoms with Crippen LogP contribution in [0, 0.1) is 5.82 Å². The van der Waals surface area contributed by atoms with Crippen molar-refractivity contribution in [1.82, 2.24) is 0 Å². The fourth-order valence-electron chi connectivity index (χ4n) is 1.10. The fraction of sp³-hybridized carbons (Fsp3) is 0.200. The summed E-state index contributed by atoms with van der Waals surface area (Å²) in [6, 6.07) is 4.01. The van der Waals surface area contributed by atoms with Gasteiger partial charge >= 0.3 is 0 Å². The molecule has 1 amide bonds. The van der Waals surface area contributed by atoms with E-state index in [0.29, 0.717) is 5.69 Å². The monoisotopic (exact) mass is 242 g/mol. The Morgan fingerprint density at radius 2 is 2.31 bits per heavy atom. The standard InChI is InChI=1S/C10H11FN2O2S/c1-15-8-4-6(2-3-7(8)11)13-10(14)5-9(12)16/h2-4H,5H2,1H3,(H2,12,16)(H,13,14). The quantitative estimate of drug-likeness (QED) is 0.784. The van der Waals surface area contributed by atoms with Crippen LogP contribution in [0.3, 0.4) is 0 Å². The van der Waals surface area contributed by atoms with Gasteiger partial charge in [-0.2, -0.15) is 0 Å². The number of carbonyl (C=O) groups excluding carboxylic acids is 1. The van der Waals surface area contributed by atoms with Crippen LogP contribution in [0.25, 0.3) is 0 Å². The molecule has 1 aromatic rings. The SMILES string of the molecule is COc1cc(NC(=O)CC(N)=S)ccc1F. The Kier molecular flexibility index (Phi) is 4.19. The van der Waals surface area contributed by atoms with E-state index in [4.69, 9.17) is 10.5 Å². The van der Waals surface area contributed by atoms with Gasteiger partial charge in [0.05, 0.1) is 18.5 Å². The maximum atomic E-state index is 13.0. The van der Waals surface area contributed by atoms with Gasteiger partial charge in [-0.3, -0.25) is 4.79 Å². The first-order valence-corrected chi connectivity index (χ1v) is 4.85. The molecule has 3 N–H and O–H groups in total. The van der Waals surface area contributed by atoms with Crippen molar-refractivity contribution in [3.8, 4) is 5.75 Å². The van der Waals surface area contributed by atoms with Crippen LogP contribution in [0.5, 0.6) is 5.75 Å². The molecule has 0 radical (unpaired) electrons. The van der Waals surface area contributed by atoms with E-state index < -0.39 is 5.82 Å². The molecule has 0 saturated carbocycles. The number of nitrogens with one attached hydrogen (secondary N) is 1. The molecule has 6 heteroatoms. The van der Waals surface area contributed by atoms with E-state index in [-0.39, 0.29) is 23.1 Å². The van der Waals surface area contributed by atoms with Crippen molar-refractivity contribution in [3.63, 3.8) is 0 Å². The second-order valence-electron chi connectivity index (χ2n) is 3.04. The number of hydrogen-bond donors (Lipinski definition) is 2. The van der Waals surface area contributed by atoms with Gasteiger partial charge in [-0.1, -0.05) is 12.2 Å². The second kappa shape index (κ2) is 5.41. The smallest absolute Gasteiger partial charge is 0.231 e. The van der Waals surface area contributed by atoms with Crippen molar-refractivity contribution in [2.45, 2.75) is 6.42 Å². The molecule has 0 fully saturated rings. The summed E-state index contributed by atoms with van der Waals surface area (Å²) in [5, 5.41) is 2.52. The summed E-state index contributed by atoms with van der Waals surface area (Å²) in [6.07, 6.45) is -0.0466. The molecule has 0 spiro atoms. The first-order valence-electron chi connectivity index (χ1n) is 4.44. The van der Waals surface area contributed by atoms with Crippen molar-refractivity contribution in [1.29, 1.82) is 0 Å². The highest BCUT2D eigenvalue weighted by Crippen LogP contribution is 2.21. The molecule has 0 atom stereocenters. The van der Waals surface area contributed by atoms with E-state index in [0.717, 1.165) is 0 Å². The summed E-state index contributed by atoms with van der Waals surface area (Å²) in [5.74, 6) is -0.774. The number of rotatable bonds is 4. The zero-order valence-corrected chi connectivity index (χ0v) is 9.44. The summed E-state index contributed by atoms with van der Waals surface area (Å²) in [4.78, 5) is 11.4. The Morgan fingerprint density at radius 1 is 1.62 bits per heavy atom. The minimum atomic E-state index is -0.491. The van der Waals surface area contributed by atoms with E-state index in [1.807, 2.05) is 0 Å². The largest absolute Gasteiger partial charge is 0.494 e. The van der Waals surface area contributed by atoms with Gasteiger partial charge in [0.15, 0.2) is 11.6 Å². The predicted octanol–water partition coefficient (Wildman–Crippen LogP) is 1.45. The third kappa shape index (κ3) is 3.47. The van der Waals surface area contributed by atoms with Gasteiger partial charge in [-0.15, -0.1) is 0 Å². The molecule has 16 heavy (non-hydrogen) atoms. The molecule has 86 valence electrons. The van der Waals surface area contributed by atoms with Crippen LogP contribution >= 0.6 is 12.2 Å². The third-order valence-electron chi connectivity index (χ3n) is 1.77. The van der Waals surface area contributed by atoms with Crippen molar-refractivity contribution in [2.75, 3.05) is 12.4 Å². The molecule has 0 aliphatic rings. The average Bonchev–Trinajstić information content (AvgIpc) is 2.19. The second-order valence-corrected chi connectivity index (χ2v) is 3.56. The van der Waals surface area contributed by atoms with Gasteiger partial charge in [-0.05, 0) is 12.1 Å². The predicted molar refractivity (Wildman–Crippen MR) is 63.0 cm³/mol. The Balaban J connectivity index is 2.74. The van der Waals surface area contributed by atoms with Crippen molar-refractivity contribution in [2.24, 2.45) is 5.73 Å². The lowest BCUT2D eigenvalue weighted by molar-refractivity contribution is -0.115. The highest BCUT2D eigenvalue weighted by molar-refractivity contribution is 7.80. The number of methoxy groups -OCH3 is 1. The first-order chi connectivity index (χ1) is 7.52. The highest BCUT2D eigenvalue weighted by Gasteiger charge is 2.07. The van der Waals surface area contributed by atoms with Crippen molar-refractivity contribution < 1.29 is 13.9 Å². The zero-order chi connectivity index (χ0) is 12.1. The number of thiocarbonyl (C=S) groups is 1. The Morgan fingerprint density at radius 3 is 2.88 bits per heavy atom. The van der Waals surface area contributed by atoms with E-state index in [9.17, 15) is 9.18 Å². The summed E-state index contributed by atoms with van der Waals surface area (Å²) >= 11 is 4.59. The van der Waals surface area contributed by atoms with E-state index in [1.165, 1.54) is 25.3 Å². The van der Waals surface area contributed by atoms with E-state index in [2.05, 4.69) is 17.5 Å². The summed E-state index contributed by atoms with van der Waals surface area (Å²) in [5.41, 5.74) is 5.64. The van der Waals surface area contributed by atoms with Gasteiger partial charge in [0.1, 0.15) is 0 Å². The lowest BCUT2D eigenvalue weighted by atomic mass is 10.2. The minimum absolute atomic E-state index is 0.0466. The number of hydrogen-bond acceptors (Lipinski definition) is 3. The molecule has 1 aromatic carbocycles. The zero-order valence-electron chi connectivity index (χ0n) is 8.62. The Hall–Kier alpha value is -1.69. The lowest BCUT2D eigenvalue weighted by Gasteiger charge is -2.07. The number of halogens is 1. The molecular weight excluding hydrogens is 231 g/mol. The third-order valence-corrected chi connectivity index (χ3v) is 1.91. The molecule has 4 nitrogen and oxygen atoms in total. The number of carbonyl (C=O) groups is 1. The van der Waals surface area contributed by atoms with Gasteiger partial charge in [0, 0.05) is 11.8 Å². The van der Waals surface area contributed by atoms with E-state index in [1.54, 1.807) is 0 Å². The molecule has 0 aliphatic carbocycles. The van der Waals surface area contributed by atoms with E-state index >= 15 is 0 Å². The van der Waals surface area contributed by atoms with Crippen LogP contribution in [0.1, 0.15) is 6.42 Å². The van der Waals surface area contributed by atoms with Crippen molar-refractivity contribution >= 4 is 28.8 Å². The van der Waals surface area contributed by atoms with Gasteiger partial charge in [0.25, 0.3) is 0 Å². The van der Waals surface area contributed by atoms with Gasteiger partial charge < -0.3 is 15.8 Å². The average molecular weight is 242 g/mol. The number of benzene rings is 1. The fourth-order valence-corrected chi connectivity index (χ4v) is 1.23. The molecule has 0 unspecified atom stereocenters.